The fourth-order valence-corrected chi connectivity index (χ4v) is 3.61. The molecule has 1 radical (unpaired) electrons. The largest absolute Gasteiger partial charge is 0.465 e. The van der Waals surface area contributed by atoms with Crippen LogP contribution in [0.3, 0.4) is 0 Å². The predicted octanol–water partition coefficient (Wildman–Crippen LogP) is 2.77. The highest BCUT2D eigenvalue weighted by molar-refractivity contribution is 9.11. The van der Waals surface area contributed by atoms with E-state index in [2.05, 4.69) is 15.9 Å². The number of carbonyl (C=O) groups excluding carboxylic acids is 1. The summed E-state index contributed by atoms with van der Waals surface area (Å²) in [7, 11) is 2.69. The van der Waals surface area contributed by atoms with Crippen LogP contribution in [0.4, 0.5) is 0 Å². The van der Waals surface area contributed by atoms with E-state index in [9.17, 15) is 4.79 Å². The van der Waals surface area contributed by atoms with Crippen molar-refractivity contribution in [3.63, 3.8) is 0 Å². The van der Waals surface area contributed by atoms with Gasteiger partial charge in [-0.15, -0.1) is 11.3 Å². The van der Waals surface area contributed by atoms with Crippen molar-refractivity contribution >= 4 is 45.3 Å². The normalized spacial score (nSPS) is 9.74. The van der Waals surface area contributed by atoms with E-state index in [0.717, 1.165) is 14.9 Å². The van der Waals surface area contributed by atoms with Crippen molar-refractivity contribution in [3.8, 4) is 17.1 Å². The molecule has 0 bridgehead atoms. The first-order chi connectivity index (χ1) is 9.19. The summed E-state index contributed by atoms with van der Waals surface area (Å²) in [5.41, 5.74) is 2.09. The van der Waals surface area contributed by atoms with Gasteiger partial charge in [0, 0.05) is 11.5 Å². The van der Waals surface area contributed by atoms with E-state index in [1.54, 1.807) is 0 Å². The molecule has 0 spiro atoms. The van der Waals surface area contributed by atoms with E-state index in [0.29, 0.717) is 10.3 Å². The molecule has 0 amide bonds. The molecular formula is C13H8BBrNO2S. The van der Waals surface area contributed by atoms with Crippen LogP contribution in [-0.4, -0.2) is 20.4 Å². The van der Waals surface area contributed by atoms with Crippen molar-refractivity contribution in [2.24, 2.45) is 0 Å². The standard InChI is InChI=1S/C13H8BBrNO2S/c1-18-13(17)10-9(8-5-3-2-4-6-8)12(15)19-11(10)14-7-16/h2-6H,1H3. The zero-order chi connectivity index (χ0) is 13.8. The molecule has 0 aliphatic heterocycles. The SMILES string of the molecule is COC(=O)c1c([B]C#N)sc(Br)c1-c1ccccc1. The molecule has 93 valence electrons. The summed E-state index contributed by atoms with van der Waals surface area (Å²) in [4.78, 5) is 12.0. The summed E-state index contributed by atoms with van der Waals surface area (Å²) in [6.45, 7) is 0. The smallest absolute Gasteiger partial charge is 0.338 e. The van der Waals surface area contributed by atoms with Crippen LogP contribution in [-0.2, 0) is 4.74 Å². The lowest BCUT2D eigenvalue weighted by Gasteiger charge is -2.05. The van der Waals surface area contributed by atoms with Crippen LogP contribution in [0.25, 0.3) is 11.1 Å². The number of hydrogen-bond donors (Lipinski definition) is 0. The highest BCUT2D eigenvalue weighted by Gasteiger charge is 2.24. The molecule has 19 heavy (non-hydrogen) atoms. The lowest BCUT2D eigenvalue weighted by Crippen LogP contribution is -2.19. The molecule has 2 aromatic rings. The van der Waals surface area contributed by atoms with Gasteiger partial charge in [0.15, 0.2) is 0 Å². The molecule has 1 aromatic heterocycles. The molecule has 3 nitrogen and oxygen atoms in total. The number of thiophene rings is 1. The molecule has 0 aliphatic carbocycles. The number of hydrogen-bond acceptors (Lipinski definition) is 4. The molecular weight excluding hydrogens is 325 g/mol. The van der Waals surface area contributed by atoms with Crippen molar-refractivity contribution in [3.05, 3.63) is 39.7 Å². The number of nitriles is 1. The molecule has 1 aromatic carbocycles. The Morgan fingerprint density at radius 1 is 1.42 bits per heavy atom. The zero-order valence-electron chi connectivity index (χ0n) is 10.0. The third kappa shape index (κ3) is 2.72. The van der Waals surface area contributed by atoms with Crippen molar-refractivity contribution in [1.29, 1.82) is 5.26 Å². The van der Waals surface area contributed by atoms with Crippen LogP contribution in [0.2, 0.25) is 0 Å². The van der Waals surface area contributed by atoms with Crippen molar-refractivity contribution in [2.75, 3.05) is 7.11 Å². The van der Waals surface area contributed by atoms with Gasteiger partial charge in [-0.3, -0.25) is 0 Å². The minimum atomic E-state index is -0.442. The number of nitrogens with zero attached hydrogens (tertiary/aromatic N) is 1. The third-order valence-electron chi connectivity index (χ3n) is 2.54. The fourth-order valence-electron chi connectivity index (χ4n) is 1.75. The maximum atomic E-state index is 12.0. The average molecular weight is 333 g/mol. The predicted molar refractivity (Wildman–Crippen MR) is 79.8 cm³/mol. The number of rotatable bonds is 3. The second-order valence-electron chi connectivity index (χ2n) is 3.62. The third-order valence-corrected chi connectivity index (χ3v) is 4.35. The van der Waals surface area contributed by atoms with Crippen molar-refractivity contribution in [1.82, 2.24) is 0 Å². The summed E-state index contributed by atoms with van der Waals surface area (Å²) in [5.74, 6) is 1.51. The number of ether oxygens (including phenoxy) is 1. The van der Waals surface area contributed by atoms with Crippen LogP contribution >= 0.6 is 27.3 Å². The Morgan fingerprint density at radius 2 is 2.11 bits per heavy atom. The van der Waals surface area contributed by atoms with Gasteiger partial charge in [0.05, 0.1) is 16.5 Å². The lowest BCUT2D eigenvalue weighted by molar-refractivity contribution is 0.0603. The Kier molecular flexibility index (Phi) is 4.41. The Hall–Kier alpha value is -1.58. The molecule has 0 saturated heterocycles. The average Bonchev–Trinajstić information content (AvgIpc) is 2.76. The molecule has 1 heterocycles. The van der Waals surface area contributed by atoms with Crippen LogP contribution in [0.5, 0.6) is 0 Å². The Morgan fingerprint density at radius 3 is 2.68 bits per heavy atom. The van der Waals surface area contributed by atoms with Gasteiger partial charge in [-0.25, -0.2) is 10.1 Å². The van der Waals surface area contributed by atoms with Gasteiger partial charge in [0.2, 0.25) is 0 Å². The highest BCUT2D eigenvalue weighted by atomic mass is 79.9. The maximum Gasteiger partial charge on any atom is 0.338 e. The highest BCUT2D eigenvalue weighted by Crippen LogP contribution is 2.35. The van der Waals surface area contributed by atoms with E-state index in [4.69, 9.17) is 10.00 Å². The second kappa shape index (κ2) is 6.05. The van der Waals surface area contributed by atoms with Gasteiger partial charge in [0.25, 0.3) is 0 Å². The summed E-state index contributed by atoms with van der Waals surface area (Å²) in [6, 6.07) is 9.52. The zero-order valence-corrected chi connectivity index (χ0v) is 12.4. The Labute approximate surface area is 124 Å². The first-order valence-corrected chi connectivity index (χ1v) is 6.98. The topological polar surface area (TPSA) is 50.1 Å². The van der Waals surface area contributed by atoms with Gasteiger partial charge in [0.1, 0.15) is 0 Å². The van der Waals surface area contributed by atoms with Gasteiger partial charge in [-0.2, -0.15) is 0 Å². The minimum absolute atomic E-state index is 0.423. The van der Waals surface area contributed by atoms with Gasteiger partial charge < -0.3 is 4.74 Å². The lowest BCUT2D eigenvalue weighted by atomic mass is 9.76. The van der Waals surface area contributed by atoms with Crippen molar-refractivity contribution < 1.29 is 9.53 Å². The van der Waals surface area contributed by atoms with E-state index in [-0.39, 0.29) is 0 Å². The monoisotopic (exact) mass is 332 g/mol. The van der Waals surface area contributed by atoms with Gasteiger partial charge in [-0.1, -0.05) is 30.3 Å². The molecule has 6 heteroatoms. The summed E-state index contributed by atoms with van der Waals surface area (Å²) < 4.78 is 6.22. The summed E-state index contributed by atoms with van der Waals surface area (Å²) >= 11 is 4.80. The van der Waals surface area contributed by atoms with E-state index >= 15 is 0 Å². The number of carbonyl (C=O) groups is 1. The fraction of sp³-hybridized carbons (Fsp3) is 0.0769. The van der Waals surface area contributed by atoms with E-state index in [1.165, 1.54) is 25.7 Å². The van der Waals surface area contributed by atoms with Crippen LogP contribution in [0.1, 0.15) is 10.4 Å². The van der Waals surface area contributed by atoms with Gasteiger partial charge in [-0.05, 0) is 26.3 Å². The van der Waals surface area contributed by atoms with E-state index < -0.39 is 5.97 Å². The number of halogens is 1. The number of esters is 1. The number of methoxy groups -OCH3 is 1. The molecule has 0 unspecified atom stereocenters. The van der Waals surface area contributed by atoms with Crippen molar-refractivity contribution in [2.45, 2.75) is 0 Å². The molecule has 0 aliphatic rings. The molecule has 0 N–H and O–H groups in total. The van der Waals surface area contributed by atoms with Crippen LogP contribution < -0.4 is 4.78 Å². The second-order valence-corrected chi connectivity index (χ2v) is 5.99. The molecule has 0 fully saturated rings. The molecule has 0 atom stereocenters. The Bertz CT molecular complexity index is 649. The quantitative estimate of drug-likeness (QED) is 0.641. The Balaban J connectivity index is 2.66. The minimum Gasteiger partial charge on any atom is -0.465 e. The summed E-state index contributed by atoms with van der Waals surface area (Å²) in [6.07, 6.45) is 0. The number of benzene rings is 1. The first-order valence-electron chi connectivity index (χ1n) is 5.38. The van der Waals surface area contributed by atoms with Crippen LogP contribution in [0.15, 0.2) is 34.1 Å². The molecule has 2 rings (SSSR count). The molecule has 0 saturated carbocycles. The maximum absolute atomic E-state index is 12.0. The van der Waals surface area contributed by atoms with Crippen LogP contribution in [0, 0.1) is 11.2 Å². The first kappa shape index (κ1) is 13.8. The van der Waals surface area contributed by atoms with E-state index in [1.807, 2.05) is 36.3 Å². The summed E-state index contributed by atoms with van der Waals surface area (Å²) in [5, 5.41) is 8.80. The van der Waals surface area contributed by atoms with Gasteiger partial charge >= 0.3 is 13.2 Å².